The number of carbonyl (C=O) groups is 5. The number of Topliss-reactive ketones (excluding diaryl/α,β-unsaturated/α-hetero) is 2. The van der Waals surface area contributed by atoms with Crippen LogP contribution in [-0.4, -0.2) is 63.9 Å². The molecule has 0 radical (unpaired) electrons. The van der Waals surface area contributed by atoms with Crippen LogP contribution in [0.2, 0.25) is 0 Å². The van der Waals surface area contributed by atoms with Crippen molar-refractivity contribution in [2.75, 3.05) is 39.3 Å². The first-order valence-corrected chi connectivity index (χ1v) is 14.0. The van der Waals surface area contributed by atoms with Crippen molar-refractivity contribution in [3.63, 3.8) is 0 Å². The summed E-state index contributed by atoms with van der Waals surface area (Å²) in [6, 6.07) is 27.0. The smallest absolute Gasteiger partial charge is 0.338 e. The monoisotopic (exact) mass is 603 g/mol. The lowest BCUT2D eigenvalue weighted by Crippen LogP contribution is -2.34. The van der Waals surface area contributed by atoms with Gasteiger partial charge >= 0.3 is 17.9 Å². The Labute approximate surface area is 259 Å². The van der Waals surface area contributed by atoms with E-state index in [1.807, 2.05) is 0 Å². The maximum absolute atomic E-state index is 14.0. The van der Waals surface area contributed by atoms with Crippen molar-refractivity contribution in [1.82, 2.24) is 0 Å². The van der Waals surface area contributed by atoms with Gasteiger partial charge in [0.05, 0.1) is 51.1 Å². The summed E-state index contributed by atoms with van der Waals surface area (Å²) >= 11 is 0. The van der Waals surface area contributed by atoms with E-state index in [0.29, 0.717) is 44.6 Å². The van der Waals surface area contributed by atoms with Crippen LogP contribution in [-0.2, 0) is 14.2 Å². The van der Waals surface area contributed by atoms with Crippen LogP contribution in [0.1, 0.15) is 51.8 Å². The van der Waals surface area contributed by atoms with E-state index in [1.54, 1.807) is 89.8 Å². The van der Waals surface area contributed by atoms with Crippen LogP contribution < -0.4 is 4.90 Å². The number of hydrogen-bond acceptors (Lipinski definition) is 9. The fourth-order valence-corrected chi connectivity index (χ4v) is 5.33. The predicted octanol–water partition coefficient (Wildman–Crippen LogP) is 5.83. The Balaban J connectivity index is 1.54. The van der Waals surface area contributed by atoms with Gasteiger partial charge in [-0.2, -0.15) is 0 Å². The molecular weight excluding hydrogens is 574 g/mol. The Morgan fingerprint density at radius 1 is 0.489 bits per heavy atom. The van der Waals surface area contributed by atoms with Gasteiger partial charge in [-0.1, -0.05) is 60.7 Å². The van der Waals surface area contributed by atoms with Gasteiger partial charge in [-0.05, 0) is 58.7 Å². The highest BCUT2D eigenvalue weighted by molar-refractivity contribution is 6.14. The molecular formula is C36H29NO8. The van der Waals surface area contributed by atoms with Crippen molar-refractivity contribution >= 4 is 35.2 Å². The summed E-state index contributed by atoms with van der Waals surface area (Å²) in [5.41, 5.74) is 4.14. The highest BCUT2D eigenvalue weighted by atomic mass is 16.5. The molecule has 9 heteroatoms. The molecule has 0 N–H and O–H groups in total. The van der Waals surface area contributed by atoms with E-state index in [4.69, 9.17) is 14.2 Å². The van der Waals surface area contributed by atoms with Crippen molar-refractivity contribution in [2.45, 2.75) is 0 Å². The van der Waals surface area contributed by atoms with Crippen molar-refractivity contribution in [1.29, 1.82) is 0 Å². The first-order chi connectivity index (χ1) is 21.8. The number of nitrogens with zero attached hydrogens (tertiary/aromatic N) is 1. The Hall–Kier alpha value is -5.83. The third-order valence-electron chi connectivity index (χ3n) is 7.55. The summed E-state index contributed by atoms with van der Waals surface area (Å²) in [5.74, 6) is -2.37. The summed E-state index contributed by atoms with van der Waals surface area (Å²) in [6.07, 6.45) is 0. The van der Waals surface area contributed by atoms with Gasteiger partial charge in [-0.3, -0.25) is 9.59 Å². The van der Waals surface area contributed by atoms with E-state index in [9.17, 15) is 24.0 Å². The normalized spacial score (nSPS) is 10.7. The van der Waals surface area contributed by atoms with Crippen molar-refractivity contribution in [3.05, 3.63) is 125 Å². The van der Waals surface area contributed by atoms with E-state index in [2.05, 4.69) is 0 Å². The molecule has 1 aromatic rings. The number of hydrogen-bond donors (Lipinski definition) is 0. The highest BCUT2D eigenvalue weighted by Gasteiger charge is 2.28. The number of rotatable bonds is 10. The Morgan fingerprint density at radius 2 is 0.867 bits per heavy atom. The van der Waals surface area contributed by atoms with Crippen molar-refractivity contribution < 1.29 is 38.2 Å². The van der Waals surface area contributed by atoms with Crippen LogP contribution in [0.25, 0.3) is 22.3 Å². The van der Waals surface area contributed by atoms with E-state index >= 15 is 0 Å². The minimum Gasteiger partial charge on any atom is -0.465 e. The first kappa shape index (κ1) is 30.6. The Kier molecular flexibility index (Phi) is 8.99. The quantitative estimate of drug-likeness (QED) is 0.110. The third kappa shape index (κ3) is 6.14. The molecule has 0 amide bonds. The average Bonchev–Trinajstić information content (AvgIpc) is 3.37. The number of fused-ring (bicyclic) bond motifs is 2. The van der Waals surface area contributed by atoms with Gasteiger partial charge in [-0.25, -0.2) is 14.4 Å². The fraction of sp³-hybridized carbons (Fsp3) is 0.139. The molecule has 0 unspecified atom stereocenters. The van der Waals surface area contributed by atoms with E-state index < -0.39 is 17.9 Å². The van der Waals surface area contributed by atoms with Gasteiger partial charge in [0, 0.05) is 16.8 Å². The largest absolute Gasteiger partial charge is 0.465 e. The molecule has 45 heavy (non-hydrogen) atoms. The second-order valence-corrected chi connectivity index (χ2v) is 10.1. The summed E-state index contributed by atoms with van der Waals surface area (Å²) < 4.78 is 14.7. The molecule has 0 atom stereocenters. The fourth-order valence-electron chi connectivity index (χ4n) is 5.33. The molecule has 4 aliphatic carbocycles. The van der Waals surface area contributed by atoms with Gasteiger partial charge < -0.3 is 19.1 Å². The van der Waals surface area contributed by atoms with Crippen LogP contribution >= 0.6 is 0 Å². The molecule has 0 heterocycles. The number of esters is 3. The molecule has 4 aliphatic rings. The third-order valence-corrected chi connectivity index (χ3v) is 7.55. The molecule has 0 aromatic heterocycles. The second kappa shape index (κ2) is 13.2. The summed E-state index contributed by atoms with van der Waals surface area (Å²) in [7, 11) is 3.82. The number of ketones is 2. The van der Waals surface area contributed by atoms with Crippen molar-refractivity contribution in [3.8, 4) is 22.3 Å². The SMILES string of the molecule is COC(=O)c1ccc(N(CC(=O)c2cc(C(=O)OC)c3cccccc2-3)CC(=O)c2cc(C(=O)OC)c3cccccc2-3)cc1. The zero-order chi connectivity index (χ0) is 32.1. The number of carbonyl (C=O) groups excluding carboxylic acids is 5. The minimum absolute atomic E-state index is 0.238. The molecule has 9 nitrogen and oxygen atoms in total. The van der Waals surface area contributed by atoms with Gasteiger partial charge in [0.1, 0.15) is 0 Å². The Bertz CT molecular complexity index is 1750. The molecule has 1 aromatic carbocycles. The molecule has 0 bridgehead atoms. The van der Waals surface area contributed by atoms with Gasteiger partial charge in [0.25, 0.3) is 0 Å². The van der Waals surface area contributed by atoms with Gasteiger partial charge in [0.2, 0.25) is 0 Å². The summed E-state index contributed by atoms with van der Waals surface area (Å²) in [5, 5.41) is 0. The van der Waals surface area contributed by atoms with E-state index in [-0.39, 0.29) is 35.8 Å². The number of benzene rings is 1. The number of methoxy groups -OCH3 is 3. The lowest BCUT2D eigenvalue weighted by Gasteiger charge is -2.24. The van der Waals surface area contributed by atoms with Crippen LogP contribution in [0.3, 0.4) is 0 Å². The number of anilines is 1. The van der Waals surface area contributed by atoms with Crippen LogP contribution in [0.5, 0.6) is 0 Å². The maximum atomic E-state index is 14.0. The topological polar surface area (TPSA) is 116 Å². The molecule has 226 valence electrons. The lowest BCUT2D eigenvalue weighted by atomic mass is 10.0. The predicted molar refractivity (Wildman–Crippen MR) is 167 cm³/mol. The zero-order valence-corrected chi connectivity index (χ0v) is 24.9. The first-order valence-electron chi connectivity index (χ1n) is 14.0. The minimum atomic E-state index is -0.576. The van der Waals surface area contributed by atoms with Crippen molar-refractivity contribution in [2.24, 2.45) is 0 Å². The Morgan fingerprint density at radius 3 is 1.24 bits per heavy atom. The molecule has 5 rings (SSSR count). The van der Waals surface area contributed by atoms with Gasteiger partial charge in [-0.15, -0.1) is 0 Å². The molecule has 0 saturated heterocycles. The molecule has 0 fully saturated rings. The van der Waals surface area contributed by atoms with Gasteiger partial charge in [0.15, 0.2) is 11.6 Å². The second-order valence-electron chi connectivity index (χ2n) is 10.1. The van der Waals surface area contributed by atoms with Crippen LogP contribution in [0.4, 0.5) is 5.69 Å². The lowest BCUT2D eigenvalue weighted by molar-refractivity contribution is 0.0592. The highest BCUT2D eigenvalue weighted by Crippen LogP contribution is 2.35. The number of ether oxygens (including phenoxy) is 3. The molecule has 0 spiro atoms. The summed E-state index contributed by atoms with van der Waals surface area (Å²) in [4.78, 5) is 66.7. The standard InChI is InChI=1S/C36H29NO8/c1-43-34(40)22-14-16-23(17-15-22)37(20-32(38)28-18-30(35(41)44-2)26-12-8-4-6-10-24(26)28)21-33(39)29-19-31(36(42)45-3)27-13-9-5-7-11-25(27)29/h4-19H,20-21H2,1-3H3. The van der Waals surface area contributed by atoms with E-state index in [0.717, 1.165) is 0 Å². The molecule has 0 aliphatic heterocycles. The van der Waals surface area contributed by atoms with E-state index in [1.165, 1.54) is 33.5 Å². The zero-order valence-electron chi connectivity index (χ0n) is 24.9. The van der Waals surface area contributed by atoms with Crippen LogP contribution in [0.15, 0.2) is 97.1 Å². The summed E-state index contributed by atoms with van der Waals surface area (Å²) in [6.45, 7) is -0.476. The maximum Gasteiger partial charge on any atom is 0.338 e. The molecule has 0 saturated carbocycles. The van der Waals surface area contributed by atoms with Crippen LogP contribution in [0, 0.1) is 0 Å². The average molecular weight is 604 g/mol.